The molecule has 0 unspecified atom stereocenters. The third-order valence-electron chi connectivity index (χ3n) is 4.25. The molecular formula is C19H23N3O. The van der Waals surface area contributed by atoms with E-state index >= 15 is 0 Å². The van der Waals surface area contributed by atoms with Gasteiger partial charge in [-0.25, -0.2) is 4.79 Å². The van der Waals surface area contributed by atoms with E-state index in [9.17, 15) is 4.79 Å². The summed E-state index contributed by atoms with van der Waals surface area (Å²) in [6.45, 7) is 3.35. The highest BCUT2D eigenvalue weighted by molar-refractivity contribution is 5.73. The molecule has 1 saturated heterocycles. The van der Waals surface area contributed by atoms with Crippen LogP contribution in [0.5, 0.6) is 0 Å². The first-order valence-electron chi connectivity index (χ1n) is 8.17. The minimum atomic E-state index is -0.0907. The van der Waals surface area contributed by atoms with Crippen LogP contribution in [0.15, 0.2) is 60.7 Å². The monoisotopic (exact) mass is 309 g/mol. The molecule has 1 atom stereocenters. The normalized spacial score (nSPS) is 17.0. The van der Waals surface area contributed by atoms with Gasteiger partial charge in [0.1, 0.15) is 0 Å². The van der Waals surface area contributed by atoms with Crippen LogP contribution in [0.1, 0.15) is 12.0 Å². The molecule has 2 aromatic rings. The number of anilines is 1. The van der Waals surface area contributed by atoms with Gasteiger partial charge in [0.05, 0.1) is 0 Å². The maximum atomic E-state index is 11.9. The number of carbonyl (C=O) groups is 1. The van der Waals surface area contributed by atoms with Crippen LogP contribution >= 0.6 is 0 Å². The highest BCUT2D eigenvalue weighted by Crippen LogP contribution is 2.22. The van der Waals surface area contributed by atoms with E-state index in [0.717, 1.165) is 31.6 Å². The molecule has 4 nitrogen and oxygen atoms in total. The Bertz CT molecular complexity index is 615. The molecule has 2 aromatic carbocycles. The summed E-state index contributed by atoms with van der Waals surface area (Å²) >= 11 is 0. The number of hydrogen-bond donors (Lipinski definition) is 2. The predicted octanol–water partition coefficient (Wildman–Crippen LogP) is 3.01. The van der Waals surface area contributed by atoms with Gasteiger partial charge < -0.3 is 15.5 Å². The van der Waals surface area contributed by atoms with Crippen molar-refractivity contribution in [2.45, 2.75) is 13.0 Å². The van der Waals surface area contributed by atoms with Crippen molar-refractivity contribution < 1.29 is 4.79 Å². The third-order valence-corrected chi connectivity index (χ3v) is 4.25. The summed E-state index contributed by atoms with van der Waals surface area (Å²) in [6.07, 6.45) is 1.12. The van der Waals surface area contributed by atoms with E-state index in [4.69, 9.17) is 0 Å². The lowest BCUT2D eigenvalue weighted by molar-refractivity contribution is 0.239. The van der Waals surface area contributed by atoms with Crippen molar-refractivity contribution in [3.8, 4) is 0 Å². The fourth-order valence-corrected chi connectivity index (χ4v) is 2.95. The highest BCUT2D eigenvalue weighted by atomic mass is 16.2. The Balaban J connectivity index is 1.38. The third kappa shape index (κ3) is 4.49. The van der Waals surface area contributed by atoms with Crippen LogP contribution in [-0.4, -0.2) is 25.7 Å². The molecule has 2 N–H and O–H groups in total. The van der Waals surface area contributed by atoms with Crippen molar-refractivity contribution in [3.63, 3.8) is 0 Å². The summed E-state index contributed by atoms with van der Waals surface area (Å²) < 4.78 is 0. The average molecular weight is 309 g/mol. The van der Waals surface area contributed by atoms with Crippen LogP contribution in [0.2, 0.25) is 0 Å². The Labute approximate surface area is 137 Å². The van der Waals surface area contributed by atoms with Gasteiger partial charge in [-0.2, -0.15) is 0 Å². The van der Waals surface area contributed by atoms with Gasteiger partial charge in [0.15, 0.2) is 0 Å². The SMILES string of the molecule is O=C(NCc1ccccc1)NC[C@H]1CCN(c2ccccc2)C1. The fraction of sp³-hybridized carbons (Fsp3) is 0.316. The zero-order valence-electron chi connectivity index (χ0n) is 13.2. The second kappa shape index (κ2) is 7.68. The largest absolute Gasteiger partial charge is 0.371 e. The van der Waals surface area contributed by atoms with Crippen molar-refractivity contribution in [1.82, 2.24) is 10.6 Å². The van der Waals surface area contributed by atoms with Crippen molar-refractivity contribution in [1.29, 1.82) is 0 Å². The Kier molecular flexibility index (Phi) is 5.14. The van der Waals surface area contributed by atoms with Crippen LogP contribution in [0, 0.1) is 5.92 Å². The number of rotatable bonds is 5. The van der Waals surface area contributed by atoms with Gasteiger partial charge in [0.2, 0.25) is 0 Å². The lowest BCUT2D eigenvalue weighted by Gasteiger charge is -2.18. The number of nitrogens with one attached hydrogen (secondary N) is 2. The van der Waals surface area contributed by atoms with Gasteiger partial charge >= 0.3 is 6.03 Å². The first-order valence-corrected chi connectivity index (χ1v) is 8.17. The summed E-state index contributed by atoms with van der Waals surface area (Å²) in [5.41, 5.74) is 2.38. The quantitative estimate of drug-likeness (QED) is 0.892. The van der Waals surface area contributed by atoms with Gasteiger partial charge in [-0.3, -0.25) is 0 Å². The first kappa shape index (κ1) is 15.4. The van der Waals surface area contributed by atoms with Crippen LogP contribution in [0.4, 0.5) is 10.5 Å². The number of benzene rings is 2. The van der Waals surface area contributed by atoms with E-state index in [1.54, 1.807) is 0 Å². The van der Waals surface area contributed by atoms with Crippen LogP contribution in [0.25, 0.3) is 0 Å². The van der Waals surface area contributed by atoms with E-state index in [1.807, 2.05) is 36.4 Å². The van der Waals surface area contributed by atoms with Gasteiger partial charge in [0.25, 0.3) is 0 Å². The Morgan fingerprint density at radius 3 is 2.43 bits per heavy atom. The average Bonchev–Trinajstić information content (AvgIpc) is 3.09. The summed E-state index contributed by atoms with van der Waals surface area (Å²) in [5, 5.41) is 5.89. The standard InChI is InChI=1S/C19H23N3O/c23-19(20-13-16-7-3-1-4-8-16)21-14-17-11-12-22(15-17)18-9-5-2-6-10-18/h1-10,17H,11-15H2,(H2,20,21,23)/t17-/m1/s1. The molecule has 1 aliphatic heterocycles. The molecule has 3 rings (SSSR count). The minimum Gasteiger partial charge on any atom is -0.371 e. The number of urea groups is 1. The van der Waals surface area contributed by atoms with E-state index in [-0.39, 0.29) is 6.03 Å². The number of carbonyl (C=O) groups excluding carboxylic acids is 1. The molecule has 0 aliphatic carbocycles. The summed E-state index contributed by atoms with van der Waals surface area (Å²) in [5.74, 6) is 0.512. The molecule has 0 spiro atoms. The van der Waals surface area contributed by atoms with Crippen molar-refractivity contribution in [3.05, 3.63) is 66.2 Å². The predicted molar refractivity (Wildman–Crippen MR) is 93.4 cm³/mol. The number of hydrogen-bond acceptors (Lipinski definition) is 2. The molecule has 23 heavy (non-hydrogen) atoms. The van der Waals surface area contributed by atoms with E-state index in [2.05, 4.69) is 39.8 Å². The van der Waals surface area contributed by atoms with Crippen LogP contribution in [0.3, 0.4) is 0 Å². The molecule has 0 saturated carbocycles. The zero-order valence-corrected chi connectivity index (χ0v) is 13.2. The highest BCUT2D eigenvalue weighted by Gasteiger charge is 2.22. The number of amides is 2. The van der Waals surface area contributed by atoms with Gasteiger partial charge in [-0.1, -0.05) is 48.5 Å². The summed E-state index contributed by atoms with van der Waals surface area (Å²) in [4.78, 5) is 14.3. The van der Waals surface area contributed by atoms with Gasteiger partial charge in [-0.15, -0.1) is 0 Å². The maximum absolute atomic E-state index is 11.9. The molecule has 4 heteroatoms. The van der Waals surface area contributed by atoms with Crippen molar-refractivity contribution >= 4 is 11.7 Å². The topological polar surface area (TPSA) is 44.4 Å². The summed E-state index contributed by atoms with van der Waals surface area (Å²) in [6, 6.07) is 20.3. The fourth-order valence-electron chi connectivity index (χ4n) is 2.95. The number of para-hydroxylation sites is 1. The minimum absolute atomic E-state index is 0.0907. The van der Waals surface area contributed by atoms with E-state index < -0.39 is 0 Å². The first-order chi connectivity index (χ1) is 11.3. The molecule has 1 heterocycles. The second-order valence-corrected chi connectivity index (χ2v) is 5.99. The molecule has 0 radical (unpaired) electrons. The molecule has 0 aromatic heterocycles. The molecule has 1 aliphatic rings. The second-order valence-electron chi connectivity index (χ2n) is 5.99. The van der Waals surface area contributed by atoms with Crippen molar-refractivity contribution in [2.75, 3.05) is 24.5 Å². The van der Waals surface area contributed by atoms with Gasteiger partial charge in [-0.05, 0) is 30.0 Å². The van der Waals surface area contributed by atoms with Crippen LogP contribution in [-0.2, 0) is 6.54 Å². The molecule has 120 valence electrons. The Morgan fingerprint density at radius 1 is 1.00 bits per heavy atom. The molecular weight excluding hydrogens is 286 g/mol. The molecule has 1 fully saturated rings. The van der Waals surface area contributed by atoms with E-state index in [1.165, 1.54) is 5.69 Å². The smallest absolute Gasteiger partial charge is 0.315 e. The number of nitrogens with zero attached hydrogens (tertiary/aromatic N) is 1. The Hall–Kier alpha value is -2.49. The zero-order chi connectivity index (χ0) is 15.9. The lowest BCUT2D eigenvalue weighted by Crippen LogP contribution is -2.38. The Morgan fingerprint density at radius 2 is 1.70 bits per heavy atom. The molecule has 2 amide bonds. The molecule has 0 bridgehead atoms. The lowest BCUT2D eigenvalue weighted by atomic mass is 10.1. The van der Waals surface area contributed by atoms with Crippen LogP contribution < -0.4 is 15.5 Å². The maximum Gasteiger partial charge on any atom is 0.315 e. The summed E-state index contributed by atoms with van der Waals surface area (Å²) in [7, 11) is 0. The van der Waals surface area contributed by atoms with E-state index in [0.29, 0.717) is 12.5 Å². The van der Waals surface area contributed by atoms with Gasteiger partial charge in [0, 0.05) is 31.9 Å². The van der Waals surface area contributed by atoms with Crippen molar-refractivity contribution in [2.24, 2.45) is 5.92 Å².